The Kier molecular flexibility index (Phi) is 5.16. The quantitative estimate of drug-likeness (QED) is 0.861. The van der Waals surface area contributed by atoms with Gasteiger partial charge in [-0.05, 0) is 49.4 Å². The van der Waals surface area contributed by atoms with E-state index in [4.69, 9.17) is 15.2 Å². The van der Waals surface area contributed by atoms with E-state index < -0.39 is 0 Å². The number of benzene rings is 1. The van der Waals surface area contributed by atoms with Crippen LogP contribution < -0.4 is 10.5 Å². The van der Waals surface area contributed by atoms with Crippen molar-refractivity contribution in [1.29, 1.82) is 0 Å². The minimum atomic E-state index is -0.247. The van der Waals surface area contributed by atoms with Gasteiger partial charge in [0.2, 0.25) is 0 Å². The van der Waals surface area contributed by atoms with Crippen molar-refractivity contribution in [3.05, 3.63) is 29.6 Å². The van der Waals surface area contributed by atoms with E-state index in [9.17, 15) is 4.39 Å². The number of hydrogen-bond acceptors (Lipinski definition) is 3. The Morgan fingerprint density at radius 2 is 2.37 bits per heavy atom. The van der Waals surface area contributed by atoms with Crippen LogP contribution in [0.1, 0.15) is 31.7 Å². The fourth-order valence-electron chi connectivity index (χ4n) is 2.23. The Morgan fingerprint density at radius 1 is 1.53 bits per heavy atom. The molecule has 1 heterocycles. The molecule has 106 valence electrons. The van der Waals surface area contributed by atoms with Crippen LogP contribution in [-0.4, -0.2) is 25.4 Å². The third kappa shape index (κ3) is 4.18. The molecule has 0 aliphatic carbocycles. The first-order valence-corrected chi connectivity index (χ1v) is 6.97. The molecule has 0 saturated carbocycles. The maximum atomic E-state index is 13.3. The maximum Gasteiger partial charge on any atom is 0.123 e. The van der Waals surface area contributed by atoms with Gasteiger partial charge in [0.05, 0.1) is 6.10 Å². The highest BCUT2D eigenvalue weighted by atomic mass is 19.1. The Labute approximate surface area is 113 Å². The summed E-state index contributed by atoms with van der Waals surface area (Å²) in [4.78, 5) is 0. The maximum absolute atomic E-state index is 13.3. The number of rotatable bonds is 6. The SMILES string of the molecule is CCC(N)Cc1cc(F)ccc1OCC1CCCO1. The zero-order valence-corrected chi connectivity index (χ0v) is 11.4. The van der Waals surface area contributed by atoms with Crippen molar-refractivity contribution >= 4 is 0 Å². The van der Waals surface area contributed by atoms with Gasteiger partial charge in [-0.3, -0.25) is 0 Å². The van der Waals surface area contributed by atoms with Crippen LogP contribution in [0.15, 0.2) is 18.2 Å². The van der Waals surface area contributed by atoms with Crippen molar-refractivity contribution in [3.63, 3.8) is 0 Å². The van der Waals surface area contributed by atoms with Gasteiger partial charge in [-0.1, -0.05) is 6.92 Å². The average Bonchev–Trinajstić information content (AvgIpc) is 2.91. The first-order chi connectivity index (χ1) is 9.19. The highest BCUT2D eigenvalue weighted by Crippen LogP contribution is 2.23. The molecule has 1 aromatic carbocycles. The average molecular weight is 267 g/mol. The molecule has 0 radical (unpaired) electrons. The third-order valence-electron chi connectivity index (χ3n) is 3.48. The van der Waals surface area contributed by atoms with Crippen LogP contribution in [-0.2, 0) is 11.2 Å². The fraction of sp³-hybridized carbons (Fsp3) is 0.600. The fourth-order valence-corrected chi connectivity index (χ4v) is 2.23. The highest BCUT2D eigenvalue weighted by molar-refractivity contribution is 5.34. The molecule has 0 amide bonds. The first-order valence-electron chi connectivity index (χ1n) is 6.97. The van der Waals surface area contributed by atoms with Crippen LogP contribution in [0.5, 0.6) is 5.75 Å². The first kappa shape index (κ1) is 14.3. The summed E-state index contributed by atoms with van der Waals surface area (Å²) in [6.07, 6.45) is 3.78. The molecule has 2 unspecified atom stereocenters. The van der Waals surface area contributed by atoms with Gasteiger partial charge < -0.3 is 15.2 Å². The van der Waals surface area contributed by atoms with Gasteiger partial charge in [-0.15, -0.1) is 0 Å². The van der Waals surface area contributed by atoms with E-state index in [2.05, 4.69) is 0 Å². The molecule has 1 aliphatic heterocycles. The predicted octanol–water partition coefficient (Wildman–Crippen LogP) is 2.66. The summed E-state index contributed by atoms with van der Waals surface area (Å²) in [5, 5.41) is 0. The van der Waals surface area contributed by atoms with Crippen molar-refractivity contribution in [2.45, 2.75) is 44.8 Å². The molecule has 0 spiro atoms. The Hall–Kier alpha value is -1.13. The highest BCUT2D eigenvalue weighted by Gasteiger charge is 2.17. The van der Waals surface area contributed by atoms with E-state index in [0.29, 0.717) is 13.0 Å². The molecule has 1 fully saturated rings. The van der Waals surface area contributed by atoms with Crippen LogP contribution >= 0.6 is 0 Å². The zero-order valence-electron chi connectivity index (χ0n) is 11.4. The van der Waals surface area contributed by atoms with E-state index >= 15 is 0 Å². The zero-order chi connectivity index (χ0) is 13.7. The summed E-state index contributed by atoms with van der Waals surface area (Å²) in [5.41, 5.74) is 6.78. The molecule has 3 nitrogen and oxygen atoms in total. The topological polar surface area (TPSA) is 44.5 Å². The van der Waals surface area contributed by atoms with Crippen LogP contribution in [0, 0.1) is 5.82 Å². The lowest BCUT2D eigenvalue weighted by Crippen LogP contribution is -2.22. The predicted molar refractivity (Wildman–Crippen MR) is 72.8 cm³/mol. The van der Waals surface area contributed by atoms with Crippen molar-refractivity contribution < 1.29 is 13.9 Å². The van der Waals surface area contributed by atoms with E-state index in [1.807, 2.05) is 6.92 Å². The summed E-state index contributed by atoms with van der Waals surface area (Å²) in [7, 11) is 0. The van der Waals surface area contributed by atoms with E-state index in [1.54, 1.807) is 6.07 Å². The Morgan fingerprint density at radius 3 is 3.05 bits per heavy atom. The summed E-state index contributed by atoms with van der Waals surface area (Å²) in [6, 6.07) is 4.65. The number of halogens is 1. The minimum Gasteiger partial charge on any atom is -0.491 e. The standard InChI is InChI=1S/C15H22FNO2/c1-2-13(17)9-11-8-12(16)5-6-15(11)19-10-14-4-3-7-18-14/h5-6,8,13-14H,2-4,7,9-10,17H2,1H3. The van der Waals surface area contributed by atoms with E-state index in [0.717, 1.165) is 37.2 Å². The third-order valence-corrected chi connectivity index (χ3v) is 3.48. The Bertz CT molecular complexity index is 405. The number of nitrogens with two attached hydrogens (primary N) is 1. The molecule has 2 rings (SSSR count). The second-order valence-corrected chi connectivity index (χ2v) is 5.07. The lowest BCUT2D eigenvalue weighted by molar-refractivity contribution is 0.0675. The molecular formula is C15H22FNO2. The summed E-state index contributed by atoms with van der Waals surface area (Å²) < 4.78 is 24.6. The van der Waals surface area contributed by atoms with E-state index in [1.165, 1.54) is 12.1 Å². The molecule has 4 heteroatoms. The summed E-state index contributed by atoms with van der Waals surface area (Å²) in [6.45, 7) is 3.36. The largest absolute Gasteiger partial charge is 0.491 e. The molecule has 1 aliphatic rings. The molecule has 1 aromatic rings. The molecule has 19 heavy (non-hydrogen) atoms. The number of ether oxygens (including phenoxy) is 2. The molecule has 1 saturated heterocycles. The van der Waals surface area contributed by atoms with Crippen LogP contribution in [0.2, 0.25) is 0 Å². The van der Waals surface area contributed by atoms with Gasteiger partial charge in [0.25, 0.3) is 0 Å². The summed E-state index contributed by atoms with van der Waals surface area (Å²) >= 11 is 0. The van der Waals surface area contributed by atoms with Gasteiger partial charge in [0.15, 0.2) is 0 Å². The lowest BCUT2D eigenvalue weighted by Gasteiger charge is -2.16. The van der Waals surface area contributed by atoms with Crippen LogP contribution in [0.4, 0.5) is 4.39 Å². The van der Waals surface area contributed by atoms with Gasteiger partial charge in [-0.25, -0.2) is 4.39 Å². The van der Waals surface area contributed by atoms with Gasteiger partial charge in [0.1, 0.15) is 18.2 Å². The van der Waals surface area contributed by atoms with Gasteiger partial charge in [-0.2, -0.15) is 0 Å². The van der Waals surface area contributed by atoms with Crippen molar-refractivity contribution in [1.82, 2.24) is 0 Å². The monoisotopic (exact) mass is 267 g/mol. The second-order valence-electron chi connectivity index (χ2n) is 5.07. The number of hydrogen-bond donors (Lipinski definition) is 1. The molecule has 2 N–H and O–H groups in total. The van der Waals surface area contributed by atoms with Crippen molar-refractivity contribution in [2.75, 3.05) is 13.2 Å². The van der Waals surface area contributed by atoms with Gasteiger partial charge in [0, 0.05) is 12.6 Å². The molecule has 0 bridgehead atoms. The smallest absolute Gasteiger partial charge is 0.123 e. The van der Waals surface area contributed by atoms with Crippen LogP contribution in [0.25, 0.3) is 0 Å². The van der Waals surface area contributed by atoms with Gasteiger partial charge >= 0.3 is 0 Å². The molecular weight excluding hydrogens is 245 g/mol. The Balaban J connectivity index is 2.00. The lowest BCUT2D eigenvalue weighted by atomic mass is 10.0. The summed E-state index contributed by atoms with van der Waals surface area (Å²) in [5.74, 6) is 0.476. The van der Waals surface area contributed by atoms with Crippen molar-refractivity contribution in [3.8, 4) is 5.75 Å². The van der Waals surface area contributed by atoms with Crippen molar-refractivity contribution in [2.24, 2.45) is 5.73 Å². The normalized spacial score (nSPS) is 20.5. The molecule has 0 aromatic heterocycles. The second kappa shape index (κ2) is 6.87. The van der Waals surface area contributed by atoms with E-state index in [-0.39, 0.29) is 18.0 Å². The van der Waals surface area contributed by atoms with Crippen LogP contribution in [0.3, 0.4) is 0 Å². The minimum absolute atomic E-state index is 0.0341. The molecule has 2 atom stereocenters.